The second-order valence-electron chi connectivity index (χ2n) is 3.95. The number of hydrogen-bond donors (Lipinski definition) is 2. The monoisotopic (exact) mass is 193 g/mol. The number of aromatic nitrogens is 1. The molecule has 14 heavy (non-hydrogen) atoms. The van der Waals surface area contributed by atoms with Crippen molar-refractivity contribution in [1.82, 2.24) is 4.98 Å². The van der Waals surface area contributed by atoms with Gasteiger partial charge in [0.15, 0.2) is 0 Å². The first-order valence-corrected chi connectivity index (χ1v) is 4.48. The number of rotatable bonds is 1. The van der Waals surface area contributed by atoms with E-state index in [0.29, 0.717) is 5.56 Å². The summed E-state index contributed by atoms with van der Waals surface area (Å²) in [5, 5.41) is 10.6. The summed E-state index contributed by atoms with van der Waals surface area (Å²) >= 11 is 0. The average Bonchev–Trinajstić information content (AvgIpc) is 2.45. The molecule has 0 saturated carbocycles. The van der Waals surface area contributed by atoms with Crippen molar-refractivity contribution in [2.75, 3.05) is 0 Å². The van der Waals surface area contributed by atoms with Crippen molar-refractivity contribution < 1.29 is 9.50 Å². The van der Waals surface area contributed by atoms with Gasteiger partial charge in [0.2, 0.25) is 0 Å². The largest absolute Gasteiger partial charge is 0.386 e. The van der Waals surface area contributed by atoms with Crippen LogP contribution in [-0.2, 0) is 5.60 Å². The summed E-state index contributed by atoms with van der Waals surface area (Å²) < 4.78 is 13.0. The Morgan fingerprint density at radius 2 is 2.07 bits per heavy atom. The molecular formula is C11H12FNO. The van der Waals surface area contributed by atoms with Gasteiger partial charge in [-0.3, -0.25) is 0 Å². The predicted octanol–water partition coefficient (Wildman–Crippen LogP) is 2.53. The first kappa shape index (κ1) is 9.21. The number of H-pyrrole nitrogens is 1. The molecule has 1 heterocycles. The minimum absolute atomic E-state index is 0.289. The molecule has 74 valence electrons. The summed E-state index contributed by atoms with van der Waals surface area (Å²) in [7, 11) is 0. The van der Waals surface area contributed by atoms with Gasteiger partial charge < -0.3 is 10.1 Å². The van der Waals surface area contributed by atoms with E-state index in [0.717, 1.165) is 10.9 Å². The molecule has 0 radical (unpaired) electrons. The molecule has 2 N–H and O–H groups in total. The first-order valence-electron chi connectivity index (χ1n) is 4.48. The van der Waals surface area contributed by atoms with Crippen molar-refractivity contribution in [3.8, 4) is 0 Å². The normalized spacial score (nSPS) is 12.3. The summed E-state index contributed by atoms with van der Waals surface area (Å²) in [5.41, 5.74) is 0.599. The summed E-state index contributed by atoms with van der Waals surface area (Å²) in [5.74, 6) is -0.289. The van der Waals surface area contributed by atoms with Crippen LogP contribution in [0.4, 0.5) is 4.39 Å². The van der Waals surface area contributed by atoms with Gasteiger partial charge in [-0.1, -0.05) is 0 Å². The Balaban J connectivity index is 2.73. The lowest BCUT2D eigenvalue weighted by molar-refractivity contribution is 0.0802. The van der Waals surface area contributed by atoms with Crippen molar-refractivity contribution in [3.05, 3.63) is 35.8 Å². The molecule has 0 bridgehead atoms. The van der Waals surface area contributed by atoms with E-state index >= 15 is 0 Å². The Morgan fingerprint density at radius 3 is 2.71 bits per heavy atom. The van der Waals surface area contributed by atoms with Gasteiger partial charge in [0.05, 0.1) is 5.60 Å². The molecule has 3 heteroatoms. The molecule has 0 spiro atoms. The predicted molar refractivity (Wildman–Crippen MR) is 53.5 cm³/mol. The molecule has 0 aliphatic heterocycles. The van der Waals surface area contributed by atoms with Crippen LogP contribution >= 0.6 is 0 Å². The van der Waals surface area contributed by atoms with Gasteiger partial charge in [0.1, 0.15) is 5.82 Å². The SMILES string of the molecule is CC(C)(O)c1c[nH]c2ccc(F)cc12. The minimum Gasteiger partial charge on any atom is -0.386 e. The van der Waals surface area contributed by atoms with Crippen molar-refractivity contribution in [1.29, 1.82) is 0 Å². The topological polar surface area (TPSA) is 36.0 Å². The van der Waals surface area contributed by atoms with Crippen LogP contribution in [0.5, 0.6) is 0 Å². The fourth-order valence-electron chi connectivity index (χ4n) is 1.60. The van der Waals surface area contributed by atoms with Gasteiger partial charge in [-0.2, -0.15) is 0 Å². The lowest BCUT2D eigenvalue weighted by Crippen LogP contribution is -2.14. The van der Waals surface area contributed by atoms with Crippen LogP contribution < -0.4 is 0 Å². The highest BCUT2D eigenvalue weighted by atomic mass is 19.1. The number of nitrogens with one attached hydrogen (secondary N) is 1. The zero-order valence-corrected chi connectivity index (χ0v) is 8.13. The lowest BCUT2D eigenvalue weighted by Gasteiger charge is -2.15. The van der Waals surface area contributed by atoms with E-state index in [1.807, 2.05) is 0 Å². The molecule has 0 saturated heterocycles. The number of aliphatic hydroxyl groups is 1. The molecule has 0 aliphatic rings. The fourth-order valence-corrected chi connectivity index (χ4v) is 1.60. The van der Waals surface area contributed by atoms with Crippen LogP contribution in [0, 0.1) is 5.82 Å². The number of fused-ring (bicyclic) bond motifs is 1. The minimum atomic E-state index is -0.952. The molecule has 1 aromatic heterocycles. The Hall–Kier alpha value is -1.35. The number of benzene rings is 1. The van der Waals surface area contributed by atoms with Crippen LogP contribution in [-0.4, -0.2) is 10.1 Å². The molecule has 2 nitrogen and oxygen atoms in total. The standard InChI is InChI=1S/C11H12FNO/c1-11(2,14)9-6-13-10-4-3-7(12)5-8(9)10/h3-6,13-14H,1-2H3. The molecule has 0 atom stereocenters. The van der Waals surface area contributed by atoms with E-state index in [4.69, 9.17) is 0 Å². The zero-order chi connectivity index (χ0) is 10.3. The maximum Gasteiger partial charge on any atom is 0.123 e. The van der Waals surface area contributed by atoms with Gasteiger partial charge in [0, 0.05) is 22.7 Å². The Bertz CT molecular complexity index is 468. The zero-order valence-electron chi connectivity index (χ0n) is 8.13. The molecule has 0 aliphatic carbocycles. The van der Waals surface area contributed by atoms with E-state index < -0.39 is 5.60 Å². The Kier molecular flexibility index (Phi) is 1.86. The van der Waals surface area contributed by atoms with Gasteiger partial charge in [0.25, 0.3) is 0 Å². The molecule has 0 fully saturated rings. The lowest BCUT2D eigenvalue weighted by atomic mass is 9.98. The highest BCUT2D eigenvalue weighted by molar-refractivity contribution is 5.84. The average molecular weight is 193 g/mol. The van der Waals surface area contributed by atoms with Gasteiger partial charge in [-0.15, -0.1) is 0 Å². The molecule has 2 aromatic rings. The molecule has 1 aromatic carbocycles. The number of halogens is 1. The van der Waals surface area contributed by atoms with Crippen molar-refractivity contribution in [2.24, 2.45) is 0 Å². The van der Waals surface area contributed by atoms with Crippen LogP contribution in [0.3, 0.4) is 0 Å². The number of aromatic amines is 1. The Morgan fingerprint density at radius 1 is 1.36 bits per heavy atom. The highest BCUT2D eigenvalue weighted by Crippen LogP contribution is 2.28. The van der Waals surface area contributed by atoms with Gasteiger partial charge >= 0.3 is 0 Å². The van der Waals surface area contributed by atoms with E-state index in [1.165, 1.54) is 12.1 Å². The van der Waals surface area contributed by atoms with Crippen LogP contribution in [0.25, 0.3) is 10.9 Å². The smallest absolute Gasteiger partial charge is 0.123 e. The second kappa shape index (κ2) is 2.82. The van der Waals surface area contributed by atoms with E-state index in [-0.39, 0.29) is 5.82 Å². The summed E-state index contributed by atoms with van der Waals surface area (Å²) in [4.78, 5) is 3.00. The van der Waals surface area contributed by atoms with Gasteiger partial charge in [-0.05, 0) is 32.0 Å². The van der Waals surface area contributed by atoms with Crippen molar-refractivity contribution in [3.63, 3.8) is 0 Å². The molecular weight excluding hydrogens is 181 g/mol. The maximum atomic E-state index is 13.0. The van der Waals surface area contributed by atoms with E-state index in [9.17, 15) is 9.50 Å². The Labute approximate surface area is 81.4 Å². The third-order valence-electron chi connectivity index (χ3n) is 2.30. The molecule has 2 rings (SSSR count). The van der Waals surface area contributed by atoms with Crippen molar-refractivity contribution >= 4 is 10.9 Å². The van der Waals surface area contributed by atoms with Crippen LogP contribution in [0.1, 0.15) is 19.4 Å². The van der Waals surface area contributed by atoms with E-state index in [1.54, 1.807) is 26.1 Å². The summed E-state index contributed by atoms with van der Waals surface area (Å²) in [6.45, 7) is 3.36. The van der Waals surface area contributed by atoms with E-state index in [2.05, 4.69) is 4.98 Å². The molecule has 0 amide bonds. The fraction of sp³-hybridized carbons (Fsp3) is 0.273. The van der Waals surface area contributed by atoms with Crippen molar-refractivity contribution in [2.45, 2.75) is 19.4 Å². The highest BCUT2D eigenvalue weighted by Gasteiger charge is 2.20. The van der Waals surface area contributed by atoms with Gasteiger partial charge in [-0.25, -0.2) is 4.39 Å². The number of hydrogen-bond acceptors (Lipinski definition) is 1. The third kappa shape index (κ3) is 1.40. The summed E-state index contributed by atoms with van der Waals surface area (Å²) in [6.07, 6.45) is 1.71. The maximum absolute atomic E-state index is 13.0. The summed E-state index contributed by atoms with van der Waals surface area (Å²) in [6, 6.07) is 4.49. The van der Waals surface area contributed by atoms with Crippen LogP contribution in [0.15, 0.2) is 24.4 Å². The van der Waals surface area contributed by atoms with Crippen LogP contribution in [0.2, 0.25) is 0 Å². The third-order valence-corrected chi connectivity index (χ3v) is 2.30. The quantitative estimate of drug-likeness (QED) is 0.717. The molecule has 0 unspecified atom stereocenters. The first-order chi connectivity index (χ1) is 6.48. The second-order valence-corrected chi connectivity index (χ2v) is 3.95.